The molecule has 0 aliphatic heterocycles. The van der Waals surface area contributed by atoms with Crippen molar-refractivity contribution >= 4 is 10.0 Å². The molecule has 1 atom stereocenters. The van der Waals surface area contributed by atoms with Crippen LogP contribution in [0.5, 0.6) is 0 Å². The predicted octanol–water partition coefficient (Wildman–Crippen LogP) is -0.392. The maximum Gasteiger partial charge on any atom is 0.212 e. The Balaban J connectivity index is 2.26. The summed E-state index contributed by atoms with van der Waals surface area (Å²) in [5.74, 6) is 0.142. The van der Waals surface area contributed by atoms with Crippen LogP contribution in [0.1, 0.15) is 19.8 Å². The van der Waals surface area contributed by atoms with Gasteiger partial charge in [-0.25, -0.2) is 13.1 Å². The van der Waals surface area contributed by atoms with Gasteiger partial charge in [0.1, 0.15) is 0 Å². The van der Waals surface area contributed by atoms with Gasteiger partial charge in [-0.1, -0.05) is 0 Å². The average molecular weight is 249 g/mol. The first kappa shape index (κ1) is 13.9. The van der Waals surface area contributed by atoms with Gasteiger partial charge in [0.05, 0.1) is 5.75 Å². The Morgan fingerprint density at radius 3 is 2.56 bits per heavy atom. The SMILES string of the molecule is CNCCS(=O)(=O)NCC(C)N(C)C1CC1. The summed E-state index contributed by atoms with van der Waals surface area (Å²) < 4.78 is 25.7. The van der Waals surface area contributed by atoms with Crippen LogP contribution in [-0.4, -0.2) is 58.3 Å². The zero-order valence-corrected chi connectivity index (χ0v) is 11.2. The van der Waals surface area contributed by atoms with Gasteiger partial charge in [-0.2, -0.15) is 0 Å². The standard InChI is InChI=1S/C10H23N3O2S/c1-9(13(3)10-4-5-10)8-12-16(14,15)7-6-11-2/h9-12H,4-8H2,1-3H3. The topological polar surface area (TPSA) is 61.4 Å². The number of rotatable bonds is 8. The summed E-state index contributed by atoms with van der Waals surface area (Å²) in [5, 5.41) is 2.83. The van der Waals surface area contributed by atoms with Crippen molar-refractivity contribution < 1.29 is 8.42 Å². The number of hydrogen-bond acceptors (Lipinski definition) is 4. The lowest BCUT2D eigenvalue weighted by molar-refractivity contribution is 0.248. The number of nitrogens with zero attached hydrogens (tertiary/aromatic N) is 1. The fourth-order valence-corrected chi connectivity index (χ4v) is 2.65. The van der Waals surface area contributed by atoms with E-state index in [0.29, 0.717) is 19.1 Å². The van der Waals surface area contributed by atoms with Crippen LogP contribution < -0.4 is 10.0 Å². The molecule has 0 spiro atoms. The Morgan fingerprint density at radius 1 is 1.44 bits per heavy atom. The van der Waals surface area contributed by atoms with Crippen LogP contribution in [0.3, 0.4) is 0 Å². The van der Waals surface area contributed by atoms with Crippen molar-refractivity contribution in [3.63, 3.8) is 0 Å². The fourth-order valence-electron chi connectivity index (χ4n) is 1.54. The van der Waals surface area contributed by atoms with Gasteiger partial charge in [-0.15, -0.1) is 0 Å². The van der Waals surface area contributed by atoms with Gasteiger partial charge in [-0.05, 0) is 33.9 Å². The Bertz CT molecular complexity index is 301. The molecule has 0 amide bonds. The number of sulfonamides is 1. The summed E-state index contributed by atoms with van der Waals surface area (Å²) in [6, 6.07) is 0.925. The van der Waals surface area contributed by atoms with Gasteiger partial charge >= 0.3 is 0 Å². The summed E-state index contributed by atoms with van der Waals surface area (Å²) in [5.41, 5.74) is 0. The zero-order chi connectivity index (χ0) is 12.2. The lowest BCUT2D eigenvalue weighted by atomic mass is 10.3. The van der Waals surface area contributed by atoms with Crippen LogP contribution in [0.25, 0.3) is 0 Å². The summed E-state index contributed by atoms with van der Waals surface area (Å²) >= 11 is 0. The Hall–Kier alpha value is -0.170. The Kier molecular flexibility index (Phi) is 5.17. The molecule has 2 N–H and O–H groups in total. The zero-order valence-electron chi connectivity index (χ0n) is 10.4. The highest BCUT2D eigenvalue weighted by Gasteiger charge is 2.29. The summed E-state index contributed by atoms with van der Waals surface area (Å²) in [4.78, 5) is 2.25. The van der Waals surface area contributed by atoms with E-state index >= 15 is 0 Å². The number of hydrogen-bond donors (Lipinski definition) is 2. The highest BCUT2D eigenvalue weighted by molar-refractivity contribution is 7.89. The lowest BCUT2D eigenvalue weighted by Crippen LogP contribution is -2.42. The molecule has 0 aromatic carbocycles. The molecular formula is C10H23N3O2S. The molecule has 1 aliphatic rings. The predicted molar refractivity (Wildman–Crippen MR) is 66.0 cm³/mol. The van der Waals surface area contributed by atoms with Crippen molar-refractivity contribution in [2.75, 3.05) is 32.9 Å². The van der Waals surface area contributed by atoms with Gasteiger partial charge in [0.2, 0.25) is 10.0 Å². The van der Waals surface area contributed by atoms with Gasteiger partial charge in [-0.3, -0.25) is 4.90 Å². The third kappa shape index (κ3) is 4.78. The Morgan fingerprint density at radius 2 is 2.06 bits per heavy atom. The smallest absolute Gasteiger partial charge is 0.212 e. The molecule has 0 saturated heterocycles. The fraction of sp³-hybridized carbons (Fsp3) is 1.00. The molecule has 16 heavy (non-hydrogen) atoms. The summed E-state index contributed by atoms with van der Waals surface area (Å²) in [7, 11) is 0.692. The van der Waals surface area contributed by atoms with E-state index in [4.69, 9.17) is 0 Å². The molecule has 1 fully saturated rings. The molecule has 0 aromatic rings. The second kappa shape index (κ2) is 5.95. The van der Waals surface area contributed by atoms with E-state index in [9.17, 15) is 8.42 Å². The molecule has 96 valence electrons. The highest BCUT2D eigenvalue weighted by Crippen LogP contribution is 2.26. The van der Waals surface area contributed by atoms with E-state index in [2.05, 4.69) is 28.9 Å². The van der Waals surface area contributed by atoms with Crippen molar-refractivity contribution in [3.8, 4) is 0 Å². The molecule has 0 radical (unpaired) electrons. The van der Waals surface area contributed by atoms with Crippen LogP contribution in [0, 0.1) is 0 Å². The third-order valence-electron chi connectivity index (χ3n) is 3.04. The van der Waals surface area contributed by atoms with E-state index in [1.165, 1.54) is 12.8 Å². The molecule has 6 heteroatoms. The van der Waals surface area contributed by atoms with Crippen LogP contribution in [-0.2, 0) is 10.0 Å². The van der Waals surface area contributed by atoms with Gasteiger partial charge < -0.3 is 5.32 Å². The normalized spacial score (nSPS) is 19.0. The van der Waals surface area contributed by atoms with Gasteiger partial charge in [0, 0.05) is 25.2 Å². The summed E-state index contributed by atoms with van der Waals surface area (Å²) in [6.45, 7) is 3.04. The van der Waals surface area contributed by atoms with Gasteiger partial charge in [0.15, 0.2) is 0 Å². The van der Waals surface area contributed by atoms with E-state index in [1.807, 2.05) is 0 Å². The van der Waals surface area contributed by atoms with E-state index in [0.717, 1.165) is 0 Å². The van der Waals surface area contributed by atoms with Gasteiger partial charge in [0.25, 0.3) is 0 Å². The van der Waals surface area contributed by atoms with Crippen LogP contribution >= 0.6 is 0 Å². The minimum absolute atomic E-state index is 0.142. The van der Waals surface area contributed by atoms with E-state index < -0.39 is 10.0 Å². The molecule has 1 saturated carbocycles. The van der Waals surface area contributed by atoms with Crippen LogP contribution in [0.2, 0.25) is 0 Å². The average Bonchev–Trinajstić information content (AvgIpc) is 3.06. The van der Waals surface area contributed by atoms with Crippen molar-refractivity contribution in [2.45, 2.75) is 31.8 Å². The third-order valence-corrected chi connectivity index (χ3v) is 4.39. The van der Waals surface area contributed by atoms with Crippen LogP contribution in [0.4, 0.5) is 0 Å². The molecular weight excluding hydrogens is 226 g/mol. The minimum atomic E-state index is -3.12. The minimum Gasteiger partial charge on any atom is -0.319 e. The molecule has 0 aromatic heterocycles. The van der Waals surface area contributed by atoms with Crippen LogP contribution in [0.15, 0.2) is 0 Å². The van der Waals surface area contributed by atoms with E-state index in [1.54, 1.807) is 7.05 Å². The van der Waals surface area contributed by atoms with Crippen molar-refractivity contribution in [1.82, 2.24) is 14.9 Å². The van der Waals surface area contributed by atoms with Crippen molar-refractivity contribution in [3.05, 3.63) is 0 Å². The molecule has 5 nitrogen and oxygen atoms in total. The second-order valence-corrected chi connectivity index (χ2v) is 6.44. The van der Waals surface area contributed by atoms with E-state index in [-0.39, 0.29) is 11.8 Å². The molecule has 0 bridgehead atoms. The second-order valence-electron chi connectivity index (χ2n) is 4.52. The number of nitrogens with one attached hydrogen (secondary N) is 2. The quantitative estimate of drug-likeness (QED) is 0.615. The Labute approximate surface area is 98.6 Å². The first-order valence-corrected chi connectivity index (χ1v) is 7.45. The molecule has 1 aliphatic carbocycles. The monoisotopic (exact) mass is 249 g/mol. The molecule has 0 heterocycles. The van der Waals surface area contributed by atoms with Crippen molar-refractivity contribution in [2.24, 2.45) is 0 Å². The lowest BCUT2D eigenvalue weighted by Gasteiger charge is -2.24. The largest absolute Gasteiger partial charge is 0.319 e. The molecule has 1 rings (SSSR count). The maximum absolute atomic E-state index is 11.5. The maximum atomic E-state index is 11.5. The first-order valence-electron chi connectivity index (χ1n) is 5.80. The summed E-state index contributed by atoms with van der Waals surface area (Å²) in [6.07, 6.45) is 2.49. The molecule has 1 unspecified atom stereocenters. The first-order chi connectivity index (χ1) is 7.46. The highest BCUT2D eigenvalue weighted by atomic mass is 32.2. The van der Waals surface area contributed by atoms with Crippen molar-refractivity contribution in [1.29, 1.82) is 0 Å². The number of likely N-dealkylation sites (N-methyl/N-ethyl adjacent to an activating group) is 1.